The molecule has 1 aromatic carbocycles. The van der Waals surface area contributed by atoms with Crippen LogP contribution < -0.4 is 10.1 Å². The number of nitrogens with one attached hydrogen (secondary N) is 1. The van der Waals surface area contributed by atoms with Gasteiger partial charge in [-0.3, -0.25) is 4.79 Å². The van der Waals surface area contributed by atoms with Crippen molar-refractivity contribution in [3.05, 3.63) is 29.3 Å². The summed E-state index contributed by atoms with van der Waals surface area (Å²) in [4.78, 5) is 9.88. The lowest BCUT2D eigenvalue weighted by Crippen LogP contribution is -2.18. The highest BCUT2D eigenvalue weighted by Crippen LogP contribution is 2.14. The van der Waals surface area contributed by atoms with E-state index in [9.17, 15) is 4.79 Å². The summed E-state index contributed by atoms with van der Waals surface area (Å²) in [7, 11) is 0. The molecule has 0 aromatic heterocycles. The standard InChI is InChI=1S/C9H10ClNO2/c10-8-1-3-9(4-2-8)13-6-5-11-7-12/h1-4,7H,5-6H2,(H,11,12). The maximum Gasteiger partial charge on any atom is 0.207 e. The van der Waals surface area contributed by atoms with Crippen LogP contribution in [0.25, 0.3) is 0 Å². The predicted octanol–water partition coefficient (Wildman–Crippen LogP) is 1.46. The fourth-order valence-electron chi connectivity index (χ4n) is 0.818. The molecule has 70 valence electrons. The van der Waals surface area contributed by atoms with Crippen molar-refractivity contribution in [1.82, 2.24) is 5.32 Å². The van der Waals surface area contributed by atoms with Crippen LogP contribution in [0.4, 0.5) is 0 Å². The molecule has 0 atom stereocenters. The van der Waals surface area contributed by atoms with Crippen molar-refractivity contribution in [1.29, 1.82) is 0 Å². The van der Waals surface area contributed by atoms with Crippen LogP contribution in [0.3, 0.4) is 0 Å². The van der Waals surface area contributed by atoms with Gasteiger partial charge in [0.15, 0.2) is 0 Å². The molecule has 1 rings (SSSR count). The Bertz CT molecular complexity index is 261. The molecule has 0 radical (unpaired) electrons. The SMILES string of the molecule is O=CNCCOc1ccc(Cl)cc1. The molecular weight excluding hydrogens is 190 g/mol. The van der Waals surface area contributed by atoms with Crippen LogP contribution in [-0.4, -0.2) is 19.6 Å². The van der Waals surface area contributed by atoms with E-state index in [1.807, 2.05) is 0 Å². The van der Waals surface area contributed by atoms with Gasteiger partial charge >= 0.3 is 0 Å². The normalized spacial score (nSPS) is 9.31. The molecule has 0 bridgehead atoms. The van der Waals surface area contributed by atoms with Gasteiger partial charge in [0.1, 0.15) is 12.4 Å². The van der Waals surface area contributed by atoms with Crippen molar-refractivity contribution < 1.29 is 9.53 Å². The lowest BCUT2D eigenvalue weighted by atomic mass is 10.3. The van der Waals surface area contributed by atoms with Crippen molar-refractivity contribution in [3.8, 4) is 5.75 Å². The Kier molecular flexibility index (Phi) is 4.12. The first-order chi connectivity index (χ1) is 6.33. The first-order valence-electron chi connectivity index (χ1n) is 3.88. The largest absolute Gasteiger partial charge is 0.492 e. The summed E-state index contributed by atoms with van der Waals surface area (Å²) in [5, 5.41) is 3.18. The molecular formula is C9H10ClNO2. The van der Waals surface area contributed by atoms with Crippen LogP contribution in [0.1, 0.15) is 0 Å². The Morgan fingerprint density at radius 3 is 2.69 bits per heavy atom. The minimum absolute atomic E-state index is 0.459. The van der Waals surface area contributed by atoms with E-state index in [0.717, 1.165) is 5.75 Å². The summed E-state index contributed by atoms with van der Waals surface area (Å²) in [6, 6.07) is 7.07. The Labute approximate surface area is 81.7 Å². The van der Waals surface area contributed by atoms with E-state index in [0.29, 0.717) is 24.6 Å². The van der Waals surface area contributed by atoms with E-state index in [2.05, 4.69) is 5.32 Å². The van der Waals surface area contributed by atoms with E-state index in [4.69, 9.17) is 16.3 Å². The highest BCUT2D eigenvalue weighted by atomic mass is 35.5. The number of hydrogen-bond acceptors (Lipinski definition) is 2. The number of carbonyl (C=O) groups is 1. The smallest absolute Gasteiger partial charge is 0.207 e. The fraction of sp³-hybridized carbons (Fsp3) is 0.222. The van der Waals surface area contributed by atoms with E-state index < -0.39 is 0 Å². The third kappa shape index (κ3) is 3.80. The molecule has 3 nitrogen and oxygen atoms in total. The number of carbonyl (C=O) groups excluding carboxylic acids is 1. The Balaban J connectivity index is 2.28. The lowest BCUT2D eigenvalue weighted by Gasteiger charge is -2.04. The molecule has 0 fully saturated rings. The first-order valence-corrected chi connectivity index (χ1v) is 4.26. The van der Waals surface area contributed by atoms with E-state index >= 15 is 0 Å². The third-order valence-corrected chi connectivity index (χ3v) is 1.66. The van der Waals surface area contributed by atoms with Crippen LogP contribution in [-0.2, 0) is 4.79 Å². The van der Waals surface area contributed by atoms with Crippen molar-refractivity contribution in [2.24, 2.45) is 0 Å². The highest BCUT2D eigenvalue weighted by Gasteiger charge is 1.92. The van der Waals surface area contributed by atoms with Gasteiger partial charge in [-0.1, -0.05) is 11.6 Å². The molecule has 0 saturated carbocycles. The maximum atomic E-state index is 9.88. The summed E-state index contributed by atoms with van der Waals surface area (Å²) < 4.78 is 5.28. The predicted molar refractivity (Wildman–Crippen MR) is 51.0 cm³/mol. The molecule has 0 aliphatic carbocycles. The highest BCUT2D eigenvalue weighted by molar-refractivity contribution is 6.30. The second kappa shape index (κ2) is 5.43. The summed E-state index contributed by atoms with van der Waals surface area (Å²) in [5.74, 6) is 0.747. The van der Waals surface area contributed by atoms with Gasteiger partial charge in [0.2, 0.25) is 6.41 Å². The zero-order chi connectivity index (χ0) is 9.52. The Morgan fingerprint density at radius 2 is 2.08 bits per heavy atom. The van der Waals surface area contributed by atoms with Crippen LogP contribution in [0.5, 0.6) is 5.75 Å². The van der Waals surface area contributed by atoms with Crippen LogP contribution in [0, 0.1) is 0 Å². The summed E-state index contributed by atoms with van der Waals surface area (Å²) in [6.45, 7) is 0.965. The van der Waals surface area contributed by atoms with Crippen molar-refractivity contribution in [2.75, 3.05) is 13.2 Å². The van der Waals surface area contributed by atoms with E-state index in [1.165, 1.54) is 0 Å². The summed E-state index contributed by atoms with van der Waals surface area (Å²) in [6.07, 6.45) is 0.644. The van der Waals surface area contributed by atoms with E-state index in [-0.39, 0.29) is 0 Å². The van der Waals surface area contributed by atoms with E-state index in [1.54, 1.807) is 24.3 Å². The number of amides is 1. The summed E-state index contributed by atoms with van der Waals surface area (Å²) in [5.41, 5.74) is 0. The van der Waals surface area contributed by atoms with Gasteiger partial charge in [-0.05, 0) is 24.3 Å². The molecule has 13 heavy (non-hydrogen) atoms. The van der Waals surface area contributed by atoms with Gasteiger partial charge in [0.05, 0.1) is 6.54 Å². The minimum Gasteiger partial charge on any atom is -0.492 e. The molecule has 0 heterocycles. The summed E-state index contributed by atoms with van der Waals surface area (Å²) >= 11 is 5.68. The van der Waals surface area contributed by atoms with Gasteiger partial charge in [0, 0.05) is 5.02 Å². The molecule has 0 spiro atoms. The van der Waals surface area contributed by atoms with Gasteiger partial charge in [-0.25, -0.2) is 0 Å². The van der Waals surface area contributed by atoms with Crippen molar-refractivity contribution in [3.63, 3.8) is 0 Å². The molecule has 1 aromatic rings. The van der Waals surface area contributed by atoms with Gasteiger partial charge in [-0.15, -0.1) is 0 Å². The fourth-order valence-corrected chi connectivity index (χ4v) is 0.944. The first kappa shape index (κ1) is 9.86. The molecule has 0 saturated heterocycles. The topological polar surface area (TPSA) is 38.3 Å². The quantitative estimate of drug-likeness (QED) is 0.576. The molecule has 4 heteroatoms. The minimum atomic E-state index is 0.459. The van der Waals surface area contributed by atoms with Gasteiger partial charge in [-0.2, -0.15) is 0 Å². The number of halogens is 1. The van der Waals surface area contributed by atoms with Crippen molar-refractivity contribution in [2.45, 2.75) is 0 Å². The van der Waals surface area contributed by atoms with Crippen LogP contribution in [0.2, 0.25) is 5.02 Å². The molecule has 0 aliphatic heterocycles. The molecule has 0 unspecified atom stereocenters. The second-order valence-electron chi connectivity index (χ2n) is 2.37. The zero-order valence-electron chi connectivity index (χ0n) is 7.00. The number of hydrogen-bond donors (Lipinski definition) is 1. The molecule has 0 aliphatic rings. The lowest BCUT2D eigenvalue weighted by molar-refractivity contribution is -0.109. The monoisotopic (exact) mass is 199 g/mol. The van der Waals surface area contributed by atoms with Crippen molar-refractivity contribution >= 4 is 18.0 Å². The average Bonchev–Trinajstić information content (AvgIpc) is 2.15. The Morgan fingerprint density at radius 1 is 1.38 bits per heavy atom. The molecule has 1 N–H and O–H groups in total. The van der Waals surface area contributed by atoms with Gasteiger partial charge < -0.3 is 10.1 Å². The average molecular weight is 200 g/mol. The molecule has 1 amide bonds. The second-order valence-corrected chi connectivity index (χ2v) is 2.81. The maximum absolute atomic E-state index is 9.88. The van der Waals surface area contributed by atoms with Crippen LogP contribution >= 0.6 is 11.6 Å². The van der Waals surface area contributed by atoms with Crippen LogP contribution in [0.15, 0.2) is 24.3 Å². The Hall–Kier alpha value is -1.22. The number of benzene rings is 1. The third-order valence-electron chi connectivity index (χ3n) is 1.41. The number of ether oxygens (including phenoxy) is 1. The zero-order valence-corrected chi connectivity index (χ0v) is 7.75. The number of rotatable bonds is 5. The van der Waals surface area contributed by atoms with Gasteiger partial charge in [0.25, 0.3) is 0 Å².